The van der Waals surface area contributed by atoms with Gasteiger partial charge in [0, 0.05) is 29.3 Å². The second-order valence-corrected chi connectivity index (χ2v) is 7.98. The van der Waals surface area contributed by atoms with E-state index in [4.69, 9.17) is 0 Å². The molecule has 26 heavy (non-hydrogen) atoms. The highest BCUT2D eigenvalue weighted by Gasteiger charge is 2.33. The summed E-state index contributed by atoms with van der Waals surface area (Å²) in [5.41, 5.74) is 3.37. The van der Waals surface area contributed by atoms with E-state index in [1.807, 2.05) is 24.4 Å². The van der Waals surface area contributed by atoms with Crippen LogP contribution in [0.25, 0.3) is 0 Å². The Labute approximate surface area is 152 Å². The summed E-state index contributed by atoms with van der Waals surface area (Å²) >= 11 is 0. The number of fused-ring (bicyclic) bond motifs is 2. The van der Waals surface area contributed by atoms with Gasteiger partial charge in [0.15, 0.2) is 0 Å². The quantitative estimate of drug-likeness (QED) is 0.903. The normalized spacial score (nSPS) is 18.5. The summed E-state index contributed by atoms with van der Waals surface area (Å²) in [7, 11) is 0. The van der Waals surface area contributed by atoms with E-state index in [9.17, 15) is 9.59 Å². The molecule has 4 rings (SSSR count). The Balaban J connectivity index is 1.48. The average molecular weight is 350 g/mol. The molecular formula is C20H22N4O2. The van der Waals surface area contributed by atoms with Crippen molar-refractivity contribution >= 4 is 11.8 Å². The number of nitrogens with zero attached hydrogens (tertiary/aromatic N) is 3. The Morgan fingerprint density at radius 3 is 2.81 bits per heavy atom. The minimum atomic E-state index is -0.258. The van der Waals surface area contributed by atoms with E-state index in [1.165, 1.54) is 0 Å². The van der Waals surface area contributed by atoms with E-state index in [0.717, 1.165) is 22.6 Å². The highest BCUT2D eigenvalue weighted by Crippen LogP contribution is 2.30. The second kappa shape index (κ2) is 5.90. The number of hydrogen-bond donors (Lipinski definition) is 1. The minimum Gasteiger partial charge on any atom is -0.345 e. The van der Waals surface area contributed by atoms with Crippen molar-refractivity contribution in [2.75, 3.05) is 0 Å². The van der Waals surface area contributed by atoms with E-state index < -0.39 is 0 Å². The smallest absolute Gasteiger partial charge is 0.252 e. The van der Waals surface area contributed by atoms with Gasteiger partial charge in [0.2, 0.25) is 5.91 Å². The molecule has 0 spiro atoms. The Morgan fingerprint density at radius 2 is 2.04 bits per heavy atom. The summed E-state index contributed by atoms with van der Waals surface area (Å²) in [4.78, 5) is 35.7. The molecule has 0 radical (unpaired) electrons. The molecular weight excluding hydrogens is 328 g/mol. The molecule has 0 bridgehead atoms. The van der Waals surface area contributed by atoms with E-state index in [-0.39, 0.29) is 29.7 Å². The maximum absolute atomic E-state index is 12.8. The lowest BCUT2D eigenvalue weighted by Crippen LogP contribution is -2.30. The molecule has 2 aromatic rings. The Kier molecular flexibility index (Phi) is 3.79. The van der Waals surface area contributed by atoms with Gasteiger partial charge in [-0.3, -0.25) is 9.59 Å². The lowest BCUT2D eigenvalue weighted by molar-refractivity contribution is -0.132. The molecule has 2 aliphatic heterocycles. The maximum atomic E-state index is 12.8. The first-order valence-electron chi connectivity index (χ1n) is 8.86. The molecule has 0 saturated heterocycles. The van der Waals surface area contributed by atoms with Gasteiger partial charge in [0.25, 0.3) is 5.91 Å². The molecule has 0 saturated carbocycles. The van der Waals surface area contributed by atoms with Crippen molar-refractivity contribution in [2.24, 2.45) is 0 Å². The Bertz CT molecular complexity index is 901. The fourth-order valence-electron chi connectivity index (χ4n) is 3.48. The average Bonchev–Trinajstić information content (AvgIpc) is 3.16. The zero-order valence-corrected chi connectivity index (χ0v) is 15.2. The molecule has 134 valence electrons. The van der Waals surface area contributed by atoms with Crippen LogP contribution in [0.3, 0.4) is 0 Å². The highest BCUT2D eigenvalue weighted by atomic mass is 16.2. The van der Waals surface area contributed by atoms with E-state index in [0.29, 0.717) is 18.7 Å². The summed E-state index contributed by atoms with van der Waals surface area (Å²) in [5, 5.41) is 2.91. The van der Waals surface area contributed by atoms with Gasteiger partial charge in [-0.25, -0.2) is 9.97 Å². The van der Waals surface area contributed by atoms with Gasteiger partial charge < -0.3 is 10.2 Å². The highest BCUT2D eigenvalue weighted by molar-refractivity contribution is 5.99. The number of nitrogens with one attached hydrogen (secondary N) is 1. The predicted molar refractivity (Wildman–Crippen MR) is 96.3 cm³/mol. The first kappa shape index (κ1) is 16.7. The van der Waals surface area contributed by atoms with E-state index in [2.05, 4.69) is 36.1 Å². The number of aromatic nitrogens is 2. The maximum Gasteiger partial charge on any atom is 0.252 e. The zero-order chi connectivity index (χ0) is 18.5. The van der Waals surface area contributed by atoms with Gasteiger partial charge in [0.1, 0.15) is 5.82 Å². The number of carbonyl (C=O) groups is 2. The summed E-state index contributed by atoms with van der Waals surface area (Å²) in [6.45, 7) is 7.26. The van der Waals surface area contributed by atoms with Crippen molar-refractivity contribution in [2.45, 2.75) is 51.7 Å². The molecule has 0 aliphatic carbocycles. The van der Waals surface area contributed by atoms with Crippen molar-refractivity contribution in [3.05, 3.63) is 58.7 Å². The molecule has 6 heteroatoms. The zero-order valence-electron chi connectivity index (χ0n) is 15.2. The lowest BCUT2D eigenvalue weighted by Gasteiger charge is -2.18. The van der Waals surface area contributed by atoms with Crippen LogP contribution in [0.4, 0.5) is 0 Å². The fourth-order valence-corrected chi connectivity index (χ4v) is 3.48. The van der Waals surface area contributed by atoms with Gasteiger partial charge in [-0.15, -0.1) is 0 Å². The van der Waals surface area contributed by atoms with Crippen LogP contribution in [0.15, 0.2) is 30.5 Å². The molecule has 1 atom stereocenters. The topological polar surface area (TPSA) is 75.2 Å². The first-order valence-corrected chi connectivity index (χ1v) is 8.86. The van der Waals surface area contributed by atoms with E-state index in [1.54, 1.807) is 11.0 Å². The third-order valence-corrected chi connectivity index (χ3v) is 4.94. The summed E-state index contributed by atoms with van der Waals surface area (Å²) in [5.74, 6) is 0.702. The molecule has 1 aromatic carbocycles. The van der Waals surface area contributed by atoms with Crippen LogP contribution in [-0.4, -0.2) is 26.7 Å². The minimum absolute atomic E-state index is 0.0160. The molecule has 0 fully saturated rings. The molecule has 1 unspecified atom stereocenters. The number of carbonyl (C=O) groups excluding carboxylic acids is 2. The third-order valence-electron chi connectivity index (χ3n) is 4.94. The van der Waals surface area contributed by atoms with Crippen LogP contribution < -0.4 is 5.32 Å². The van der Waals surface area contributed by atoms with Crippen molar-refractivity contribution < 1.29 is 9.59 Å². The number of benzene rings is 1. The van der Waals surface area contributed by atoms with Crippen LogP contribution in [-0.2, 0) is 23.3 Å². The van der Waals surface area contributed by atoms with Crippen LogP contribution in [0.2, 0.25) is 0 Å². The summed E-state index contributed by atoms with van der Waals surface area (Å²) in [6, 6.07) is 7.18. The Hall–Kier alpha value is -2.76. The number of rotatable bonds is 2. The molecule has 1 aromatic heterocycles. The largest absolute Gasteiger partial charge is 0.345 e. The van der Waals surface area contributed by atoms with Gasteiger partial charge in [-0.2, -0.15) is 0 Å². The van der Waals surface area contributed by atoms with Crippen LogP contribution in [0.5, 0.6) is 0 Å². The van der Waals surface area contributed by atoms with Gasteiger partial charge in [0.05, 0.1) is 24.7 Å². The monoisotopic (exact) mass is 350 g/mol. The molecule has 3 heterocycles. The fraction of sp³-hybridized carbons (Fsp3) is 0.400. The molecule has 2 amide bonds. The summed E-state index contributed by atoms with van der Waals surface area (Å²) in [6.07, 6.45) is 2.10. The van der Waals surface area contributed by atoms with Crippen LogP contribution in [0.1, 0.15) is 66.2 Å². The number of amides is 2. The van der Waals surface area contributed by atoms with Crippen molar-refractivity contribution in [1.29, 1.82) is 0 Å². The standard InChI is InChI=1S/C20H22N4O2/c1-20(2,3)19-21-9-12-10-24(11-16(12)23-19)17(25)8-15-13-6-4-5-7-14(13)18(26)22-15/h4-7,9,15H,8,10-11H2,1-3H3,(H,22,26). The van der Waals surface area contributed by atoms with Crippen LogP contribution >= 0.6 is 0 Å². The first-order chi connectivity index (χ1) is 12.3. The van der Waals surface area contributed by atoms with Crippen molar-refractivity contribution in [1.82, 2.24) is 20.2 Å². The Morgan fingerprint density at radius 1 is 1.27 bits per heavy atom. The van der Waals surface area contributed by atoms with Gasteiger partial charge >= 0.3 is 0 Å². The molecule has 1 N–H and O–H groups in total. The number of hydrogen-bond acceptors (Lipinski definition) is 4. The van der Waals surface area contributed by atoms with Crippen LogP contribution in [0, 0.1) is 0 Å². The van der Waals surface area contributed by atoms with Crippen molar-refractivity contribution in [3.63, 3.8) is 0 Å². The van der Waals surface area contributed by atoms with E-state index >= 15 is 0 Å². The van der Waals surface area contributed by atoms with Crippen molar-refractivity contribution in [3.8, 4) is 0 Å². The predicted octanol–water partition coefficient (Wildman–Crippen LogP) is 2.49. The lowest BCUT2D eigenvalue weighted by atomic mass is 9.95. The van der Waals surface area contributed by atoms with Gasteiger partial charge in [-0.05, 0) is 11.6 Å². The molecule has 2 aliphatic rings. The summed E-state index contributed by atoms with van der Waals surface area (Å²) < 4.78 is 0. The second-order valence-electron chi connectivity index (χ2n) is 7.98. The third kappa shape index (κ3) is 2.85. The molecule has 6 nitrogen and oxygen atoms in total. The SMILES string of the molecule is CC(C)(C)c1ncc2c(n1)CN(C(=O)CC1NC(=O)c3ccccc31)C2. The van der Waals surface area contributed by atoms with Gasteiger partial charge in [-0.1, -0.05) is 39.0 Å².